The van der Waals surface area contributed by atoms with Crippen molar-refractivity contribution in [3.8, 4) is 0 Å². The second kappa shape index (κ2) is 8.59. The minimum absolute atomic E-state index is 0.799. The molecule has 16 heavy (non-hydrogen) atoms. The normalized spacial score (nSPS) is 10.9. The van der Waals surface area contributed by atoms with Crippen molar-refractivity contribution in [1.82, 2.24) is 14.9 Å². The van der Waals surface area contributed by atoms with Crippen LogP contribution in [0.2, 0.25) is 0 Å². The number of rotatable bonds is 9. The van der Waals surface area contributed by atoms with Gasteiger partial charge in [0.2, 0.25) is 0 Å². The zero-order valence-corrected chi connectivity index (χ0v) is 10.8. The summed E-state index contributed by atoms with van der Waals surface area (Å²) in [5.41, 5.74) is 0. The molecule has 1 N–H and O–H groups in total. The molecule has 1 aromatic rings. The molecule has 0 bridgehead atoms. The summed E-state index contributed by atoms with van der Waals surface area (Å²) in [5, 5.41) is 3.45. The van der Waals surface area contributed by atoms with Gasteiger partial charge < -0.3 is 9.88 Å². The zero-order valence-electron chi connectivity index (χ0n) is 10.1. The maximum Gasteiger partial charge on any atom is 0.105 e. The lowest BCUT2D eigenvalue weighted by Crippen LogP contribution is -2.21. The largest absolute Gasteiger partial charge is 0.334 e. The number of hydrogen-bond acceptors (Lipinski definition) is 2. The third-order valence-electron chi connectivity index (χ3n) is 2.69. The number of aryl methyl sites for hydroxylation is 1. The maximum atomic E-state index is 5.61. The number of imidazole rings is 1. The molecule has 0 aromatic carbocycles. The molecule has 0 unspecified atom stereocenters. The quantitative estimate of drug-likeness (QED) is 0.534. The second-order valence-electron chi connectivity index (χ2n) is 4.02. The Morgan fingerprint density at radius 1 is 1.25 bits per heavy atom. The Morgan fingerprint density at radius 3 is 2.75 bits per heavy atom. The smallest absolute Gasteiger partial charge is 0.105 e. The highest BCUT2D eigenvalue weighted by Gasteiger charge is 1.95. The standard InChI is InChI=1S/C12H22ClN3/c1-12-15-9-11-16(12)10-8-14-7-5-3-2-4-6-13/h9,11,14H,2-8,10H2,1H3. The molecule has 1 rings (SSSR count). The van der Waals surface area contributed by atoms with Gasteiger partial charge in [-0.25, -0.2) is 4.98 Å². The average molecular weight is 244 g/mol. The fraction of sp³-hybridized carbons (Fsp3) is 0.750. The van der Waals surface area contributed by atoms with Gasteiger partial charge >= 0.3 is 0 Å². The van der Waals surface area contributed by atoms with Crippen LogP contribution in [0, 0.1) is 6.92 Å². The maximum absolute atomic E-state index is 5.61. The molecular weight excluding hydrogens is 222 g/mol. The molecule has 0 aliphatic rings. The van der Waals surface area contributed by atoms with Gasteiger partial charge in [0, 0.05) is 31.4 Å². The van der Waals surface area contributed by atoms with E-state index in [1.807, 2.05) is 19.3 Å². The van der Waals surface area contributed by atoms with E-state index in [1.54, 1.807) is 0 Å². The molecule has 0 spiro atoms. The molecule has 0 aliphatic carbocycles. The third-order valence-corrected chi connectivity index (χ3v) is 2.96. The van der Waals surface area contributed by atoms with Gasteiger partial charge in [0.05, 0.1) is 0 Å². The third kappa shape index (κ3) is 5.52. The van der Waals surface area contributed by atoms with Crippen molar-refractivity contribution >= 4 is 11.6 Å². The molecule has 0 atom stereocenters. The van der Waals surface area contributed by atoms with Crippen LogP contribution in [-0.2, 0) is 6.54 Å². The van der Waals surface area contributed by atoms with Gasteiger partial charge in [0.25, 0.3) is 0 Å². The molecule has 0 saturated carbocycles. The number of nitrogens with one attached hydrogen (secondary N) is 1. The van der Waals surface area contributed by atoms with Crippen LogP contribution in [0.15, 0.2) is 12.4 Å². The number of aromatic nitrogens is 2. The number of alkyl halides is 1. The van der Waals surface area contributed by atoms with Gasteiger partial charge in [-0.3, -0.25) is 0 Å². The van der Waals surface area contributed by atoms with Crippen molar-refractivity contribution in [1.29, 1.82) is 0 Å². The summed E-state index contributed by atoms with van der Waals surface area (Å²) in [4.78, 5) is 4.19. The Hall–Kier alpha value is -0.540. The van der Waals surface area contributed by atoms with E-state index in [4.69, 9.17) is 11.6 Å². The fourth-order valence-electron chi connectivity index (χ4n) is 1.66. The van der Waals surface area contributed by atoms with Crippen LogP contribution in [-0.4, -0.2) is 28.5 Å². The van der Waals surface area contributed by atoms with Crippen molar-refractivity contribution in [2.75, 3.05) is 19.0 Å². The lowest BCUT2D eigenvalue weighted by molar-refractivity contribution is 0.556. The van der Waals surface area contributed by atoms with E-state index in [-0.39, 0.29) is 0 Å². The Morgan fingerprint density at radius 2 is 2.06 bits per heavy atom. The van der Waals surface area contributed by atoms with Crippen LogP contribution in [0.3, 0.4) is 0 Å². The second-order valence-corrected chi connectivity index (χ2v) is 4.40. The lowest BCUT2D eigenvalue weighted by Gasteiger charge is -2.06. The Kier molecular flexibility index (Phi) is 7.26. The summed E-state index contributed by atoms with van der Waals surface area (Å²) in [7, 11) is 0. The molecule has 1 aromatic heterocycles. The number of nitrogens with zero attached hydrogens (tertiary/aromatic N) is 2. The van der Waals surface area contributed by atoms with Crippen molar-refractivity contribution in [2.24, 2.45) is 0 Å². The Labute approximate surface area is 103 Å². The number of unbranched alkanes of at least 4 members (excludes halogenated alkanes) is 3. The van der Waals surface area contributed by atoms with Gasteiger partial charge in [-0.15, -0.1) is 11.6 Å². The summed E-state index contributed by atoms with van der Waals surface area (Å²) >= 11 is 5.61. The molecule has 0 amide bonds. The van der Waals surface area contributed by atoms with Gasteiger partial charge in [-0.1, -0.05) is 12.8 Å². The van der Waals surface area contributed by atoms with Crippen LogP contribution < -0.4 is 5.32 Å². The van der Waals surface area contributed by atoms with Gasteiger partial charge in [-0.2, -0.15) is 0 Å². The Bertz CT molecular complexity index is 273. The van der Waals surface area contributed by atoms with E-state index in [1.165, 1.54) is 19.3 Å². The average Bonchev–Trinajstić information content (AvgIpc) is 2.68. The topological polar surface area (TPSA) is 29.9 Å². The van der Waals surface area contributed by atoms with Crippen LogP contribution in [0.5, 0.6) is 0 Å². The first-order valence-electron chi connectivity index (χ1n) is 6.09. The first-order chi connectivity index (χ1) is 7.84. The van der Waals surface area contributed by atoms with Gasteiger partial charge in [0.15, 0.2) is 0 Å². The van der Waals surface area contributed by atoms with Crippen LogP contribution >= 0.6 is 11.6 Å². The molecular formula is C12H22ClN3. The monoisotopic (exact) mass is 243 g/mol. The minimum Gasteiger partial charge on any atom is -0.334 e. The molecule has 0 saturated heterocycles. The SMILES string of the molecule is Cc1nccn1CCNCCCCCCCl. The van der Waals surface area contributed by atoms with Crippen LogP contribution in [0.25, 0.3) is 0 Å². The van der Waals surface area contributed by atoms with E-state index in [0.717, 1.165) is 37.8 Å². The number of hydrogen-bond donors (Lipinski definition) is 1. The predicted octanol–water partition coefficient (Wildman–Crippen LogP) is 2.58. The van der Waals surface area contributed by atoms with E-state index >= 15 is 0 Å². The van der Waals surface area contributed by atoms with E-state index in [0.29, 0.717) is 0 Å². The molecule has 0 fully saturated rings. The molecule has 92 valence electrons. The summed E-state index contributed by atoms with van der Waals surface area (Å²) in [5.74, 6) is 1.89. The molecule has 0 radical (unpaired) electrons. The van der Waals surface area contributed by atoms with Crippen molar-refractivity contribution in [3.05, 3.63) is 18.2 Å². The van der Waals surface area contributed by atoms with Crippen molar-refractivity contribution in [2.45, 2.75) is 39.2 Å². The van der Waals surface area contributed by atoms with E-state index < -0.39 is 0 Å². The highest BCUT2D eigenvalue weighted by atomic mass is 35.5. The first-order valence-corrected chi connectivity index (χ1v) is 6.62. The van der Waals surface area contributed by atoms with Gasteiger partial charge in [0.1, 0.15) is 5.82 Å². The van der Waals surface area contributed by atoms with Gasteiger partial charge in [-0.05, 0) is 26.3 Å². The first kappa shape index (κ1) is 13.5. The minimum atomic E-state index is 0.799. The molecule has 0 aliphatic heterocycles. The highest BCUT2D eigenvalue weighted by Crippen LogP contribution is 2.00. The number of halogens is 1. The van der Waals surface area contributed by atoms with Crippen LogP contribution in [0.4, 0.5) is 0 Å². The molecule has 1 heterocycles. The zero-order chi connectivity index (χ0) is 11.6. The van der Waals surface area contributed by atoms with Crippen molar-refractivity contribution < 1.29 is 0 Å². The summed E-state index contributed by atoms with van der Waals surface area (Å²) in [6, 6.07) is 0. The summed E-state index contributed by atoms with van der Waals surface area (Å²) in [6.45, 7) is 5.17. The van der Waals surface area contributed by atoms with E-state index in [9.17, 15) is 0 Å². The highest BCUT2D eigenvalue weighted by molar-refractivity contribution is 6.17. The lowest BCUT2D eigenvalue weighted by atomic mass is 10.2. The molecule has 4 heteroatoms. The van der Waals surface area contributed by atoms with Crippen molar-refractivity contribution in [3.63, 3.8) is 0 Å². The predicted molar refractivity (Wildman–Crippen MR) is 69.0 cm³/mol. The van der Waals surface area contributed by atoms with Crippen LogP contribution in [0.1, 0.15) is 31.5 Å². The summed E-state index contributed by atoms with van der Waals surface area (Å²) in [6.07, 6.45) is 8.81. The molecule has 3 nitrogen and oxygen atoms in total. The van der Waals surface area contributed by atoms with E-state index in [2.05, 4.69) is 14.9 Å². The Balaban J connectivity index is 1.91. The summed E-state index contributed by atoms with van der Waals surface area (Å²) < 4.78 is 2.17. The fourth-order valence-corrected chi connectivity index (χ4v) is 1.85.